The van der Waals surface area contributed by atoms with Crippen molar-refractivity contribution in [2.75, 3.05) is 0 Å². The predicted molar refractivity (Wildman–Crippen MR) is 82.0 cm³/mol. The molecule has 0 saturated heterocycles. The first-order valence-electron chi connectivity index (χ1n) is 7.69. The summed E-state index contributed by atoms with van der Waals surface area (Å²) in [5, 5.41) is 11.6. The van der Waals surface area contributed by atoms with E-state index in [1.54, 1.807) is 19.9 Å². The van der Waals surface area contributed by atoms with Crippen LogP contribution in [0.25, 0.3) is 0 Å². The molecule has 6 heteroatoms. The summed E-state index contributed by atoms with van der Waals surface area (Å²) in [5.41, 5.74) is 1.43. The Morgan fingerprint density at radius 3 is 2.55 bits per heavy atom. The summed E-state index contributed by atoms with van der Waals surface area (Å²) >= 11 is 0. The molecule has 0 bridgehead atoms. The number of carboxylic acid groups (broad SMARTS) is 1. The number of aromatic nitrogens is 1. The summed E-state index contributed by atoms with van der Waals surface area (Å²) in [6, 6.07) is 0.611. The predicted octanol–water partition coefficient (Wildman–Crippen LogP) is 1.48. The summed E-state index contributed by atoms with van der Waals surface area (Å²) in [4.78, 5) is 38.3. The lowest BCUT2D eigenvalue weighted by molar-refractivity contribution is -0.140. The topological polar surface area (TPSA) is 99.3 Å². The van der Waals surface area contributed by atoms with Crippen LogP contribution >= 0.6 is 0 Å². The fraction of sp³-hybridized carbons (Fsp3) is 0.562. The van der Waals surface area contributed by atoms with E-state index in [9.17, 15) is 14.4 Å². The quantitative estimate of drug-likeness (QED) is 0.734. The summed E-state index contributed by atoms with van der Waals surface area (Å²) < 4.78 is 0. The molecule has 6 nitrogen and oxygen atoms in total. The highest BCUT2D eigenvalue weighted by Gasteiger charge is 2.25. The van der Waals surface area contributed by atoms with E-state index in [2.05, 4.69) is 10.3 Å². The maximum Gasteiger partial charge on any atom is 0.326 e. The largest absolute Gasteiger partial charge is 0.480 e. The van der Waals surface area contributed by atoms with Crippen molar-refractivity contribution in [3.8, 4) is 0 Å². The maximum atomic E-state index is 12.3. The zero-order valence-corrected chi connectivity index (χ0v) is 12.9. The molecule has 22 heavy (non-hydrogen) atoms. The molecule has 2 rings (SSSR count). The van der Waals surface area contributed by atoms with Gasteiger partial charge in [0.05, 0.1) is 0 Å². The Labute approximate surface area is 128 Å². The highest BCUT2D eigenvalue weighted by Crippen LogP contribution is 2.18. The van der Waals surface area contributed by atoms with Crippen molar-refractivity contribution < 1.29 is 14.7 Å². The lowest BCUT2D eigenvalue weighted by Crippen LogP contribution is -2.45. The first kappa shape index (κ1) is 16.3. The van der Waals surface area contributed by atoms with Crippen molar-refractivity contribution in [1.29, 1.82) is 0 Å². The number of nitrogens with one attached hydrogen (secondary N) is 2. The molecule has 120 valence electrons. The van der Waals surface area contributed by atoms with Crippen LogP contribution in [-0.2, 0) is 17.6 Å². The summed E-state index contributed by atoms with van der Waals surface area (Å²) in [5.74, 6) is -2.00. The molecule has 1 amide bonds. The third-order valence-corrected chi connectivity index (χ3v) is 4.05. The minimum atomic E-state index is -1.10. The average Bonchev–Trinajstić information content (AvgIpc) is 2.67. The van der Waals surface area contributed by atoms with Gasteiger partial charge < -0.3 is 15.4 Å². The van der Waals surface area contributed by atoms with E-state index in [0.717, 1.165) is 43.4 Å². The highest BCUT2D eigenvalue weighted by molar-refractivity contribution is 5.96. The number of carbonyl (C=O) groups excluding carboxylic acids is 1. The zero-order chi connectivity index (χ0) is 16.3. The van der Waals surface area contributed by atoms with Crippen molar-refractivity contribution in [3.63, 3.8) is 0 Å². The second kappa shape index (κ2) is 6.77. The third-order valence-electron chi connectivity index (χ3n) is 4.05. The molecule has 1 heterocycles. The molecule has 1 aromatic heterocycles. The van der Waals surface area contributed by atoms with Gasteiger partial charge in [-0.25, -0.2) is 4.79 Å². The van der Waals surface area contributed by atoms with Crippen LogP contribution in [-0.4, -0.2) is 28.0 Å². The number of H-pyrrole nitrogens is 1. The molecule has 0 saturated carbocycles. The van der Waals surface area contributed by atoms with Crippen molar-refractivity contribution in [1.82, 2.24) is 10.3 Å². The monoisotopic (exact) mass is 306 g/mol. The summed E-state index contributed by atoms with van der Waals surface area (Å²) in [6.45, 7) is 3.42. The Kier molecular flexibility index (Phi) is 5.00. The SMILES string of the molecule is CC(C)[C@H](NC(=O)c1cc2c([nH]c1=O)CCCCC2)C(=O)O. The van der Waals surface area contributed by atoms with Gasteiger partial charge in [0, 0.05) is 5.69 Å². The van der Waals surface area contributed by atoms with Crippen molar-refractivity contribution in [3.05, 3.63) is 33.2 Å². The number of hydrogen-bond acceptors (Lipinski definition) is 3. The lowest BCUT2D eigenvalue weighted by Gasteiger charge is -2.18. The Balaban J connectivity index is 2.28. The number of carbonyl (C=O) groups is 2. The molecule has 0 fully saturated rings. The van der Waals surface area contributed by atoms with E-state index >= 15 is 0 Å². The summed E-state index contributed by atoms with van der Waals surface area (Å²) in [7, 11) is 0. The number of rotatable bonds is 4. The minimum Gasteiger partial charge on any atom is -0.480 e. The van der Waals surface area contributed by atoms with Gasteiger partial charge in [0.2, 0.25) is 0 Å². The van der Waals surface area contributed by atoms with Gasteiger partial charge in [0.25, 0.3) is 11.5 Å². The number of aryl methyl sites for hydroxylation is 2. The van der Waals surface area contributed by atoms with Gasteiger partial charge in [-0.2, -0.15) is 0 Å². The molecule has 0 radical (unpaired) electrons. The molecule has 1 aliphatic carbocycles. The fourth-order valence-electron chi connectivity index (χ4n) is 2.75. The molecule has 0 aliphatic heterocycles. The van der Waals surface area contributed by atoms with Gasteiger partial charge in [-0.1, -0.05) is 20.3 Å². The van der Waals surface area contributed by atoms with Crippen LogP contribution in [0.5, 0.6) is 0 Å². The first-order valence-corrected chi connectivity index (χ1v) is 7.69. The second-order valence-electron chi connectivity index (χ2n) is 6.11. The van der Waals surface area contributed by atoms with Gasteiger partial charge in [-0.3, -0.25) is 9.59 Å². The Hall–Kier alpha value is -2.11. The standard InChI is InChI=1S/C16H22N2O4/c1-9(2)13(16(21)22)18-15(20)11-8-10-6-4-3-5-7-12(10)17-14(11)19/h8-9,13H,3-7H2,1-2H3,(H,17,19)(H,18,20)(H,21,22)/t13-/m0/s1. The molecule has 0 unspecified atom stereocenters. The number of aromatic amines is 1. The molecule has 0 aromatic carbocycles. The maximum absolute atomic E-state index is 12.3. The number of hydrogen-bond donors (Lipinski definition) is 3. The van der Waals surface area contributed by atoms with Gasteiger partial charge >= 0.3 is 5.97 Å². The van der Waals surface area contributed by atoms with E-state index in [-0.39, 0.29) is 11.5 Å². The molecule has 1 aliphatic rings. The zero-order valence-electron chi connectivity index (χ0n) is 12.9. The van der Waals surface area contributed by atoms with Crippen molar-refractivity contribution in [2.45, 2.75) is 52.0 Å². The van der Waals surface area contributed by atoms with E-state index in [1.807, 2.05) is 0 Å². The molecule has 1 atom stereocenters. The van der Waals surface area contributed by atoms with Crippen LogP contribution < -0.4 is 10.9 Å². The molecule has 3 N–H and O–H groups in total. The number of carboxylic acids is 1. The van der Waals surface area contributed by atoms with E-state index < -0.39 is 23.5 Å². The number of amides is 1. The minimum absolute atomic E-state index is 0.00690. The lowest BCUT2D eigenvalue weighted by atomic mass is 10.0. The first-order chi connectivity index (χ1) is 10.4. The number of fused-ring (bicyclic) bond motifs is 1. The van der Waals surface area contributed by atoms with E-state index in [4.69, 9.17) is 5.11 Å². The Bertz CT molecular complexity index is 634. The third kappa shape index (κ3) is 3.55. The van der Waals surface area contributed by atoms with Gasteiger partial charge in [0.1, 0.15) is 11.6 Å². The second-order valence-corrected chi connectivity index (χ2v) is 6.11. The van der Waals surface area contributed by atoms with Crippen LogP contribution in [0.15, 0.2) is 10.9 Å². The van der Waals surface area contributed by atoms with Crippen LogP contribution in [0, 0.1) is 5.92 Å². The van der Waals surface area contributed by atoms with Crippen LogP contribution in [0.3, 0.4) is 0 Å². The van der Waals surface area contributed by atoms with Crippen LogP contribution in [0.1, 0.15) is 54.7 Å². The molecular formula is C16H22N2O4. The van der Waals surface area contributed by atoms with Crippen molar-refractivity contribution in [2.24, 2.45) is 5.92 Å². The van der Waals surface area contributed by atoms with Gasteiger partial charge in [-0.05, 0) is 43.2 Å². The number of aliphatic carboxylic acids is 1. The van der Waals surface area contributed by atoms with E-state index in [1.165, 1.54) is 0 Å². The van der Waals surface area contributed by atoms with Crippen LogP contribution in [0.4, 0.5) is 0 Å². The normalized spacial score (nSPS) is 15.8. The van der Waals surface area contributed by atoms with Crippen molar-refractivity contribution >= 4 is 11.9 Å². The van der Waals surface area contributed by atoms with Crippen LogP contribution in [0.2, 0.25) is 0 Å². The molecular weight excluding hydrogens is 284 g/mol. The smallest absolute Gasteiger partial charge is 0.326 e. The molecule has 0 spiro atoms. The average molecular weight is 306 g/mol. The molecule has 1 aromatic rings. The Morgan fingerprint density at radius 2 is 1.91 bits per heavy atom. The highest BCUT2D eigenvalue weighted by atomic mass is 16.4. The summed E-state index contributed by atoms with van der Waals surface area (Å²) in [6.07, 6.45) is 4.81. The van der Waals surface area contributed by atoms with E-state index in [0.29, 0.717) is 0 Å². The fourth-order valence-corrected chi connectivity index (χ4v) is 2.75. The number of pyridine rings is 1. The van der Waals surface area contributed by atoms with Gasteiger partial charge in [0.15, 0.2) is 0 Å². The van der Waals surface area contributed by atoms with Gasteiger partial charge in [-0.15, -0.1) is 0 Å². The Morgan fingerprint density at radius 1 is 1.23 bits per heavy atom.